The minimum Gasteiger partial charge on any atom is -0.497 e. The molecular weight excluding hydrogens is 868 g/mol. The maximum absolute atomic E-state index is 15.5. The maximum Gasteiger partial charge on any atom is 0.699 e. The Labute approximate surface area is 395 Å². The molecule has 3 unspecified atom stereocenters. The third kappa shape index (κ3) is 11.2. The average molecular weight is 932 g/mol. The van der Waals surface area contributed by atoms with E-state index < -0.39 is 44.6 Å². The number of carbonyl (C=O) groups excluding carboxylic acids is 1. The van der Waals surface area contributed by atoms with Gasteiger partial charge in [0, 0.05) is 28.6 Å². The monoisotopic (exact) mass is 931 g/mol. The number of nitrogen functional groups attached to an aromatic ring is 1. The van der Waals surface area contributed by atoms with E-state index in [0.29, 0.717) is 45.8 Å². The lowest BCUT2D eigenvalue weighted by Gasteiger charge is -2.40. The second-order valence-corrected chi connectivity index (χ2v) is 18.3. The average Bonchev–Trinajstić information content (AvgIpc) is 3.97. The van der Waals surface area contributed by atoms with Gasteiger partial charge in [-0.15, -0.1) is 4.52 Å². The van der Waals surface area contributed by atoms with Gasteiger partial charge < -0.3 is 24.7 Å². The number of nitrogens with two attached hydrogens (primary N) is 1. The van der Waals surface area contributed by atoms with Crippen LogP contribution >= 0.6 is 8.25 Å². The van der Waals surface area contributed by atoms with Crippen LogP contribution in [0.25, 0.3) is 11.2 Å². The van der Waals surface area contributed by atoms with Crippen molar-refractivity contribution in [3.05, 3.63) is 144 Å². The van der Waals surface area contributed by atoms with Crippen molar-refractivity contribution in [1.82, 2.24) is 24.4 Å². The molecule has 354 valence electrons. The summed E-state index contributed by atoms with van der Waals surface area (Å²) in [6.07, 6.45) is 4.18. The van der Waals surface area contributed by atoms with Crippen LogP contribution in [0.3, 0.4) is 0 Å². The second kappa shape index (κ2) is 22.9. The zero-order valence-corrected chi connectivity index (χ0v) is 40.5. The number of unbranched alkanes of at least 4 members (excludes halogenated alkanes) is 4. The number of nitrogens with zero attached hydrogens (tertiary/aromatic N) is 5. The molecule has 2 N–H and O–H groups in total. The molecule has 4 aromatic carbocycles. The first kappa shape index (κ1) is 49.3. The van der Waals surface area contributed by atoms with Crippen molar-refractivity contribution in [2.24, 2.45) is 0 Å². The molecule has 0 amide bonds. The number of benzene rings is 4. The summed E-state index contributed by atoms with van der Waals surface area (Å²) >= 11 is 0. The second-order valence-electron chi connectivity index (χ2n) is 17.4. The summed E-state index contributed by atoms with van der Waals surface area (Å²) in [6.45, 7) is 10.6. The molecule has 1 aliphatic rings. The predicted molar refractivity (Wildman–Crippen MR) is 259 cm³/mol. The molecule has 6 aromatic rings. The number of fused-ring (bicyclic) bond motifs is 1. The molecule has 0 radical (unpaired) electrons. The fraction of sp³-hybridized carbons (Fsp3) is 0.423. The molecule has 7 rings (SSSR count). The number of hydrogen-bond donors (Lipinski definition) is 1. The van der Waals surface area contributed by atoms with Crippen LogP contribution in [0.15, 0.2) is 122 Å². The lowest BCUT2D eigenvalue weighted by Crippen LogP contribution is -2.49. The van der Waals surface area contributed by atoms with E-state index in [1.54, 1.807) is 49.4 Å². The van der Waals surface area contributed by atoms with Crippen molar-refractivity contribution in [2.45, 2.75) is 128 Å². The van der Waals surface area contributed by atoms with Gasteiger partial charge in [0.2, 0.25) is 0 Å². The molecule has 2 aromatic heterocycles. The highest BCUT2D eigenvalue weighted by Crippen LogP contribution is 2.47. The smallest absolute Gasteiger partial charge is 0.497 e. The first-order valence-corrected chi connectivity index (χ1v) is 24.4. The zero-order valence-electron chi connectivity index (χ0n) is 39.6. The quantitative estimate of drug-likeness (QED) is 0.0201. The summed E-state index contributed by atoms with van der Waals surface area (Å²) < 4.78 is 55.4. The van der Waals surface area contributed by atoms with E-state index in [1.807, 2.05) is 84.9 Å². The normalized spacial score (nSPS) is 17.6. The zero-order chi connectivity index (χ0) is 47.5. The SMILES string of the molecule is CCCCCCCC(O[P+](=O)O[C@H]1C[C@H](n2cnc3c(N)ncnc32)O[C@@H]1C(OC(c1ccccc1)(c1ccc(OC)cc1)c1ccc(OC)cc1)C(=O)c1ccccc1)N(C(C)C)C(C)C. The van der Waals surface area contributed by atoms with Crippen molar-refractivity contribution in [3.63, 3.8) is 0 Å². The number of ketones is 1. The first-order chi connectivity index (χ1) is 32.5. The van der Waals surface area contributed by atoms with Crippen LogP contribution in [-0.2, 0) is 28.7 Å². The summed E-state index contributed by atoms with van der Waals surface area (Å²) in [4.78, 5) is 30.9. The Morgan fingerprint density at radius 3 is 1.97 bits per heavy atom. The van der Waals surface area contributed by atoms with E-state index >= 15 is 4.79 Å². The molecule has 6 atom stereocenters. The molecule has 0 bridgehead atoms. The summed E-state index contributed by atoms with van der Waals surface area (Å²) in [7, 11) is 0.427. The van der Waals surface area contributed by atoms with Gasteiger partial charge in [0.1, 0.15) is 47.4 Å². The summed E-state index contributed by atoms with van der Waals surface area (Å²) in [5.74, 6) is 1.11. The molecule has 0 saturated carbocycles. The Hall–Kier alpha value is -5.60. The minimum atomic E-state index is -2.79. The van der Waals surface area contributed by atoms with Crippen molar-refractivity contribution in [3.8, 4) is 11.5 Å². The highest BCUT2D eigenvalue weighted by Gasteiger charge is 2.54. The number of carbonyl (C=O) groups is 1. The van der Waals surface area contributed by atoms with Gasteiger partial charge in [-0.1, -0.05) is 122 Å². The molecule has 0 spiro atoms. The number of ether oxygens (including phenoxy) is 4. The first-order valence-electron chi connectivity index (χ1n) is 23.3. The van der Waals surface area contributed by atoms with Crippen molar-refractivity contribution in [2.75, 3.05) is 20.0 Å². The number of hydrogen-bond acceptors (Lipinski definition) is 13. The molecule has 67 heavy (non-hydrogen) atoms. The van der Waals surface area contributed by atoms with Crippen LogP contribution in [0.1, 0.15) is 113 Å². The Kier molecular flexibility index (Phi) is 16.9. The van der Waals surface area contributed by atoms with Crippen LogP contribution in [0.4, 0.5) is 5.82 Å². The summed E-state index contributed by atoms with van der Waals surface area (Å²) in [5.41, 5.74) is 8.13. The minimum absolute atomic E-state index is 0.100. The van der Waals surface area contributed by atoms with Crippen molar-refractivity contribution >= 4 is 31.0 Å². The number of anilines is 1. The van der Waals surface area contributed by atoms with Crippen LogP contribution in [0.5, 0.6) is 11.5 Å². The molecule has 1 fully saturated rings. The third-order valence-electron chi connectivity index (χ3n) is 12.4. The van der Waals surface area contributed by atoms with Gasteiger partial charge in [0.25, 0.3) is 0 Å². The Morgan fingerprint density at radius 1 is 0.806 bits per heavy atom. The highest BCUT2D eigenvalue weighted by molar-refractivity contribution is 7.33. The van der Waals surface area contributed by atoms with E-state index in [-0.39, 0.29) is 30.1 Å². The fourth-order valence-electron chi connectivity index (χ4n) is 9.22. The van der Waals surface area contributed by atoms with Gasteiger partial charge >= 0.3 is 8.25 Å². The lowest BCUT2D eigenvalue weighted by atomic mass is 9.79. The van der Waals surface area contributed by atoms with Gasteiger partial charge in [-0.2, -0.15) is 0 Å². The van der Waals surface area contributed by atoms with Gasteiger partial charge in [-0.25, -0.2) is 15.0 Å². The molecule has 1 saturated heterocycles. The van der Waals surface area contributed by atoms with Crippen molar-refractivity contribution in [1.29, 1.82) is 0 Å². The van der Waals surface area contributed by atoms with Gasteiger partial charge in [0.05, 0.1) is 20.5 Å². The molecular formula is C52H64N6O8P+. The van der Waals surface area contributed by atoms with Gasteiger partial charge in [-0.3, -0.25) is 14.3 Å². The molecule has 0 aliphatic carbocycles. The Morgan fingerprint density at radius 2 is 1.39 bits per heavy atom. The standard InChI is InChI=1S/C52H64N6O8P/c1-8-9-10-11-18-23-44(58(35(2)3)36(4)5)66-67(60)65-43-32-45(57-34-56-46-50(53)54-33-55-51(46)57)63-48(43)49(47(59)37-19-14-12-15-20-37)64-52(38-21-16-13-17-22-38,39-24-28-41(61-6)29-25-39)40-26-30-42(62-7)31-27-40/h12-17,19-22,24-31,33-36,43-45,48-49H,8-11,18,23,32H2,1-7H3,(H2,53,54,55)/q+1/t43-,44?,45+,48-,49?/m0/s1. The summed E-state index contributed by atoms with van der Waals surface area (Å²) in [6, 6.07) is 34.0. The van der Waals surface area contributed by atoms with Gasteiger partial charge in [0.15, 0.2) is 29.6 Å². The number of aromatic nitrogens is 4. The molecule has 15 heteroatoms. The lowest BCUT2D eigenvalue weighted by molar-refractivity contribution is -0.125. The molecule has 3 heterocycles. The number of rotatable bonds is 24. The predicted octanol–water partition coefficient (Wildman–Crippen LogP) is 10.8. The number of methoxy groups -OCH3 is 2. The Balaban J connectivity index is 1.37. The topological polar surface area (TPSA) is 162 Å². The largest absolute Gasteiger partial charge is 0.699 e. The fourth-order valence-corrected chi connectivity index (χ4v) is 10.1. The Bertz CT molecular complexity index is 2450. The van der Waals surface area contributed by atoms with E-state index in [1.165, 1.54) is 6.33 Å². The van der Waals surface area contributed by atoms with Crippen molar-refractivity contribution < 1.29 is 37.4 Å². The van der Waals surface area contributed by atoms with Crippen LogP contribution < -0.4 is 15.2 Å². The van der Waals surface area contributed by atoms with E-state index in [9.17, 15) is 4.57 Å². The van der Waals surface area contributed by atoms with Crippen LogP contribution in [0, 0.1) is 0 Å². The highest BCUT2D eigenvalue weighted by atomic mass is 31.1. The number of imidazole rings is 1. The third-order valence-corrected chi connectivity index (χ3v) is 13.3. The van der Waals surface area contributed by atoms with E-state index in [2.05, 4.69) is 54.5 Å². The van der Waals surface area contributed by atoms with E-state index in [0.717, 1.165) is 37.7 Å². The maximum atomic E-state index is 15.5. The molecule has 1 aliphatic heterocycles. The molecule has 14 nitrogen and oxygen atoms in total. The number of Topliss-reactive ketones (excluding diaryl/α,β-unsaturated/α-hetero) is 1. The van der Waals surface area contributed by atoms with Crippen LogP contribution in [0.2, 0.25) is 0 Å². The van der Waals surface area contributed by atoms with Crippen LogP contribution in [-0.4, -0.2) is 81.0 Å². The van der Waals surface area contributed by atoms with E-state index in [4.69, 9.17) is 33.7 Å². The summed E-state index contributed by atoms with van der Waals surface area (Å²) in [5, 5.41) is 0. The van der Waals surface area contributed by atoms with Gasteiger partial charge in [-0.05, 0) is 81.5 Å².